The van der Waals surface area contributed by atoms with Crippen LogP contribution in [0.5, 0.6) is 5.75 Å². The molecule has 1 aliphatic rings. The van der Waals surface area contributed by atoms with Crippen molar-refractivity contribution in [3.05, 3.63) is 29.8 Å². The SMILES string of the molecule is CCCC(=O)NCC1CC1c1cccc(OC)c1. The quantitative estimate of drug-likeness (QED) is 0.839. The molecule has 2 unspecified atom stereocenters. The molecule has 0 bridgehead atoms. The zero-order valence-corrected chi connectivity index (χ0v) is 11.1. The Morgan fingerprint density at radius 2 is 2.33 bits per heavy atom. The molecule has 0 saturated heterocycles. The molecule has 1 aliphatic carbocycles. The molecule has 0 heterocycles. The second kappa shape index (κ2) is 5.89. The molecule has 0 radical (unpaired) electrons. The maximum absolute atomic E-state index is 11.4. The first kappa shape index (κ1) is 12.9. The fourth-order valence-corrected chi connectivity index (χ4v) is 2.31. The van der Waals surface area contributed by atoms with Gasteiger partial charge in [0.15, 0.2) is 0 Å². The Bertz CT molecular complexity index is 417. The fourth-order valence-electron chi connectivity index (χ4n) is 2.31. The number of rotatable bonds is 6. The van der Waals surface area contributed by atoms with E-state index in [1.165, 1.54) is 12.0 Å². The van der Waals surface area contributed by atoms with Crippen LogP contribution in [0.3, 0.4) is 0 Å². The second-order valence-corrected chi connectivity index (χ2v) is 4.93. The summed E-state index contributed by atoms with van der Waals surface area (Å²) in [4.78, 5) is 11.4. The maximum Gasteiger partial charge on any atom is 0.219 e. The number of methoxy groups -OCH3 is 1. The highest BCUT2D eigenvalue weighted by Crippen LogP contribution is 2.47. The van der Waals surface area contributed by atoms with Gasteiger partial charge in [0, 0.05) is 13.0 Å². The Labute approximate surface area is 109 Å². The number of amides is 1. The van der Waals surface area contributed by atoms with E-state index in [0.29, 0.717) is 18.3 Å². The molecule has 3 heteroatoms. The van der Waals surface area contributed by atoms with E-state index in [0.717, 1.165) is 18.7 Å². The summed E-state index contributed by atoms with van der Waals surface area (Å²) in [5.41, 5.74) is 1.32. The van der Waals surface area contributed by atoms with Crippen LogP contribution in [0.4, 0.5) is 0 Å². The summed E-state index contributed by atoms with van der Waals surface area (Å²) in [5, 5.41) is 3.00. The maximum atomic E-state index is 11.4. The molecule has 1 saturated carbocycles. The van der Waals surface area contributed by atoms with Crippen LogP contribution in [-0.4, -0.2) is 19.6 Å². The first-order chi connectivity index (χ1) is 8.74. The molecule has 0 aromatic heterocycles. The molecule has 18 heavy (non-hydrogen) atoms. The molecule has 0 spiro atoms. The highest BCUT2D eigenvalue weighted by molar-refractivity contribution is 5.75. The molecule has 1 aromatic carbocycles. The van der Waals surface area contributed by atoms with Crippen LogP contribution in [0.2, 0.25) is 0 Å². The first-order valence-corrected chi connectivity index (χ1v) is 6.65. The largest absolute Gasteiger partial charge is 0.497 e. The lowest BCUT2D eigenvalue weighted by Crippen LogP contribution is -2.25. The van der Waals surface area contributed by atoms with Gasteiger partial charge in [0.25, 0.3) is 0 Å². The second-order valence-electron chi connectivity index (χ2n) is 4.93. The molecular weight excluding hydrogens is 226 g/mol. The van der Waals surface area contributed by atoms with Gasteiger partial charge in [0.2, 0.25) is 5.91 Å². The topological polar surface area (TPSA) is 38.3 Å². The van der Waals surface area contributed by atoms with Crippen molar-refractivity contribution in [1.29, 1.82) is 0 Å². The van der Waals surface area contributed by atoms with Crippen LogP contribution in [0.25, 0.3) is 0 Å². The summed E-state index contributed by atoms with van der Waals surface area (Å²) >= 11 is 0. The lowest BCUT2D eigenvalue weighted by molar-refractivity contribution is -0.121. The predicted octanol–water partition coefficient (Wildman–Crippen LogP) is 2.72. The number of carbonyl (C=O) groups excluding carboxylic acids is 1. The van der Waals surface area contributed by atoms with Gasteiger partial charge in [0.1, 0.15) is 5.75 Å². The smallest absolute Gasteiger partial charge is 0.219 e. The van der Waals surface area contributed by atoms with E-state index in [2.05, 4.69) is 17.4 Å². The van der Waals surface area contributed by atoms with E-state index in [9.17, 15) is 4.79 Å². The van der Waals surface area contributed by atoms with Crippen molar-refractivity contribution in [3.63, 3.8) is 0 Å². The molecular formula is C15H21NO2. The normalized spacial score (nSPS) is 21.4. The monoisotopic (exact) mass is 247 g/mol. The Morgan fingerprint density at radius 1 is 1.50 bits per heavy atom. The van der Waals surface area contributed by atoms with E-state index in [4.69, 9.17) is 4.74 Å². The summed E-state index contributed by atoms with van der Waals surface area (Å²) in [5.74, 6) is 2.27. The zero-order chi connectivity index (χ0) is 13.0. The lowest BCUT2D eigenvalue weighted by Gasteiger charge is -2.05. The third-order valence-electron chi connectivity index (χ3n) is 3.48. The minimum atomic E-state index is 0.175. The van der Waals surface area contributed by atoms with Crippen molar-refractivity contribution in [3.8, 4) is 5.75 Å². The molecule has 1 fully saturated rings. The Hall–Kier alpha value is -1.51. The van der Waals surface area contributed by atoms with Gasteiger partial charge < -0.3 is 10.1 Å². The third kappa shape index (κ3) is 3.25. The molecule has 1 aromatic rings. The fraction of sp³-hybridized carbons (Fsp3) is 0.533. The summed E-state index contributed by atoms with van der Waals surface area (Å²) in [6, 6.07) is 8.22. The summed E-state index contributed by atoms with van der Waals surface area (Å²) < 4.78 is 5.23. The van der Waals surface area contributed by atoms with Crippen molar-refractivity contribution >= 4 is 5.91 Å². The molecule has 1 amide bonds. The molecule has 0 aliphatic heterocycles. The van der Waals surface area contributed by atoms with Crippen LogP contribution in [0, 0.1) is 5.92 Å². The van der Waals surface area contributed by atoms with Crippen molar-refractivity contribution in [2.24, 2.45) is 5.92 Å². The van der Waals surface area contributed by atoms with Crippen molar-refractivity contribution in [2.45, 2.75) is 32.1 Å². The Morgan fingerprint density at radius 3 is 3.06 bits per heavy atom. The van der Waals surface area contributed by atoms with Crippen LogP contribution in [-0.2, 0) is 4.79 Å². The van der Waals surface area contributed by atoms with Gasteiger partial charge in [-0.2, -0.15) is 0 Å². The summed E-state index contributed by atoms with van der Waals surface area (Å²) in [6.45, 7) is 2.83. The molecule has 2 rings (SSSR count). The van der Waals surface area contributed by atoms with Gasteiger partial charge in [-0.15, -0.1) is 0 Å². The minimum Gasteiger partial charge on any atom is -0.497 e. The van der Waals surface area contributed by atoms with E-state index in [1.807, 2.05) is 19.1 Å². The average Bonchev–Trinajstić information content (AvgIpc) is 3.16. The lowest BCUT2D eigenvalue weighted by atomic mass is 10.1. The van der Waals surface area contributed by atoms with Crippen molar-refractivity contribution in [1.82, 2.24) is 5.32 Å². The third-order valence-corrected chi connectivity index (χ3v) is 3.48. The molecule has 2 atom stereocenters. The Balaban J connectivity index is 1.81. The van der Waals surface area contributed by atoms with Crippen LogP contribution in [0.1, 0.15) is 37.7 Å². The number of hydrogen-bond donors (Lipinski definition) is 1. The van der Waals surface area contributed by atoms with E-state index in [-0.39, 0.29) is 5.91 Å². The van der Waals surface area contributed by atoms with Gasteiger partial charge in [-0.1, -0.05) is 19.1 Å². The number of benzene rings is 1. The number of ether oxygens (including phenoxy) is 1. The van der Waals surface area contributed by atoms with Crippen LogP contribution < -0.4 is 10.1 Å². The summed E-state index contributed by atoms with van der Waals surface area (Å²) in [6.07, 6.45) is 2.71. The first-order valence-electron chi connectivity index (χ1n) is 6.65. The van der Waals surface area contributed by atoms with E-state index in [1.54, 1.807) is 7.11 Å². The standard InChI is InChI=1S/C15H21NO2/c1-3-5-15(17)16-10-12-9-14(12)11-6-4-7-13(8-11)18-2/h4,6-8,12,14H,3,5,9-10H2,1-2H3,(H,16,17). The predicted molar refractivity (Wildman–Crippen MR) is 71.8 cm³/mol. The van der Waals surface area contributed by atoms with Gasteiger partial charge >= 0.3 is 0 Å². The molecule has 3 nitrogen and oxygen atoms in total. The number of hydrogen-bond acceptors (Lipinski definition) is 2. The number of carbonyl (C=O) groups is 1. The molecule has 98 valence electrons. The van der Waals surface area contributed by atoms with Gasteiger partial charge in [-0.05, 0) is 42.4 Å². The van der Waals surface area contributed by atoms with Gasteiger partial charge in [0.05, 0.1) is 7.11 Å². The highest BCUT2D eigenvalue weighted by atomic mass is 16.5. The van der Waals surface area contributed by atoms with E-state index >= 15 is 0 Å². The van der Waals surface area contributed by atoms with Crippen LogP contribution >= 0.6 is 0 Å². The van der Waals surface area contributed by atoms with Crippen LogP contribution in [0.15, 0.2) is 24.3 Å². The van der Waals surface area contributed by atoms with Crippen molar-refractivity contribution in [2.75, 3.05) is 13.7 Å². The average molecular weight is 247 g/mol. The highest BCUT2D eigenvalue weighted by Gasteiger charge is 2.38. The Kier molecular flexibility index (Phi) is 4.24. The minimum absolute atomic E-state index is 0.175. The molecule has 1 N–H and O–H groups in total. The van der Waals surface area contributed by atoms with E-state index < -0.39 is 0 Å². The van der Waals surface area contributed by atoms with Gasteiger partial charge in [-0.25, -0.2) is 0 Å². The zero-order valence-electron chi connectivity index (χ0n) is 11.1. The number of nitrogens with one attached hydrogen (secondary N) is 1. The van der Waals surface area contributed by atoms with Gasteiger partial charge in [-0.3, -0.25) is 4.79 Å². The van der Waals surface area contributed by atoms with Crippen molar-refractivity contribution < 1.29 is 9.53 Å². The summed E-state index contributed by atoms with van der Waals surface area (Å²) in [7, 11) is 1.69.